The highest BCUT2D eigenvalue weighted by molar-refractivity contribution is 6.33. The van der Waals surface area contributed by atoms with E-state index in [1.807, 2.05) is 24.9 Å². The van der Waals surface area contributed by atoms with Crippen molar-refractivity contribution in [2.45, 2.75) is 38.9 Å². The normalized spacial score (nSPS) is 17.5. The van der Waals surface area contributed by atoms with Crippen molar-refractivity contribution in [2.24, 2.45) is 0 Å². The van der Waals surface area contributed by atoms with Gasteiger partial charge in [-0.2, -0.15) is 9.65 Å². The van der Waals surface area contributed by atoms with Crippen LogP contribution in [-0.2, 0) is 24.3 Å². The number of carbonyl (C=O) groups is 1. The van der Waals surface area contributed by atoms with Crippen LogP contribution in [0, 0.1) is 17.3 Å². The number of nitriles is 1. The van der Waals surface area contributed by atoms with Crippen LogP contribution in [0.15, 0.2) is 23.1 Å². The summed E-state index contributed by atoms with van der Waals surface area (Å²) in [6, 6.07) is 4.98. The number of likely N-dealkylation sites (N-methyl/N-ethyl adjacent to an activating group) is 1. The predicted octanol–water partition coefficient (Wildman–Crippen LogP) is 3.08. The molecule has 3 aliphatic rings. The van der Waals surface area contributed by atoms with Gasteiger partial charge in [0.25, 0.3) is 5.56 Å². The smallest absolute Gasteiger partial charge is 0.263 e. The number of carbonyl (C=O) groups excluding carboxylic acids is 1. The molecule has 3 aliphatic heterocycles. The Morgan fingerprint density at radius 3 is 2.80 bits per heavy atom. The molecule has 0 aliphatic carbocycles. The van der Waals surface area contributed by atoms with Crippen LogP contribution in [0.25, 0.3) is 22.2 Å². The number of halogens is 2. The number of benzene rings is 1. The third-order valence-electron chi connectivity index (χ3n) is 8.48. The van der Waals surface area contributed by atoms with E-state index in [0.29, 0.717) is 42.3 Å². The van der Waals surface area contributed by atoms with Crippen molar-refractivity contribution in [1.29, 1.82) is 5.26 Å². The third-order valence-corrected chi connectivity index (χ3v) is 8.84. The van der Waals surface area contributed by atoms with Gasteiger partial charge >= 0.3 is 0 Å². The Hall–Kier alpha value is -4.87. The first kappa shape index (κ1) is 28.9. The van der Waals surface area contributed by atoms with Crippen molar-refractivity contribution >= 4 is 40.0 Å². The third kappa shape index (κ3) is 4.79. The second kappa shape index (κ2) is 10.9. The Kier molecular flexibility index (Phi) is 7.02. The van der Waals surface area contributed by atoms with E-state index in [0.717, 1.165) is 19.5 Å². The lowest BCUT2D eigenvalue weighted by molar-refractivity contribution is -0.116. The molecular formula is C30H28ClFN8O5. The average Bonchev–Trinajstić information content (AvgIpc) is 3.76. The van der Waals surface area contributed by atoms with Crippen LogP contribution >= 0.6 is 11.6 Å². The summed E-state index contributed by atoms with van der Waals surface area (Å²) in [4.78, 5) is 40.2. The van der Waals surface area contributed by atoms with Crippen molar-refractivity contribution in [3.63, 3.8) is 0 Å². The van der Waals surface area contributed by atoms with Crippen LogP contribution in [0.4, 0.5) is 15.9 Å². The molecule has 0 spiro atoms. The molecule has 4 aromatic rings. The number of aromatic nitrogens is 4. The summed E-state index contributed by atoms with van der Waals surface area (Å²) in [5.74, 6) is -0.674. The molecule has 1 fully saturated rings. The molecule has 2 N–H and O–H groups in total. The lowest BCUT2D eigenvalue weighted by Gasteiger charge is -2.39. The molecule has 45 heavy (non-hydrogen) atoms. The quantitative estimate of drug-likeness (QED) is 0.314. The number of ether oxygens (including phenoxy) is 2. The number of aromatic hydroxyl groups is 1. The first-order valence-electron chi connectivity index (χ1n) is 14.4. The van der Waals surface area contributed by atoms with Gasteiger partial charge in [0.05, 0.1) is 16.6 Å². The molecule has 0 radical (unpaired) electrons. The molecule has 3 aromatic heterocycles. The summed E-state index contributed by atoms with van der Waals surface area (Å²) >= 11 is 6.26. The first-order chi connectivity index (χ1) is 21.6. The fraction of sp³-hybridized carbons (Fsp3) is 0.367. The number of hydrogen-bond acceptors (Lipinski definition) is 10. The van der Waals surface area contributed by atoms with E-state index in [4.69, 9.17) is 26.1 Å². The van der Waals surface area contributed by atoms with Gasteiger partial charge < -0.3 is 34.3 Å². The number of hydrogen-bond donors (Lipinski definition) is 2. The zero-order valence-corrected chi connectivity index (χ0v) is 25.2. The number of nitrogens with zero attached hydrogens (tertiary/aromatic N) is 7. The zero-order chi connectivity index (χ0) is 31.6. The molecule has 1 unspecified atom stereocenters. The second-order valence-electron chi connectivity index (χ2n) is 11.4. The minimum absolute atomic E-state index is 0.00302. The Bertz CT molecular complexity index is 2000. The standard InChI is InChI=1S/C30H28ClFN8O5/c1-15-11-37(2)6-7-39(15)21-9-19(24(31)28(32)35-21)34-22(41)13-38-12-18(23-29(38)36-20-4-3-5-40(20)30(23)43)17-8-16(10-33)25(42)27-26(17)44-14-45-27/h8-9,12,15,42H,3-7,11,13-14H2,1-2H3,(H,34,35,41). The van der Waals surface area contributed by atoms with Gasteiger partial charge in [0.2, 0.25) is 24.4 Å². The fourth-order valence-electron chi connectivity index (χ4n) is 6.34. The highest BCUT2D eigenvalue weighted by Gasteiger charge is 2.31. The lowest BCUT2D eigenvalue weighted by Crippen LogP contribution is -2.50. The van der Waals surface area contributed by atoms with Crippen molar-refractivity contribution < 1.29 is 23.8 Å². The van der Waals surface area contributed by atoms with Gasteiger partial charge in [-0.1, -0.05) is 11.6 Å². The molecule has 13 nitrogen and oxygen atoms in total. The first-order valence-corrected chi connectivity index (χ1v) is 14.8. The maximum Gasteiger partial charge on any atom is 0.263 e. The van der Waals surface area contributed by atoms with E-state index in [9.17, 15) is 24.3 Å². The monoisotopic (exact) mass is 634 g/mol. The number of aryl methyl sites for hydroxylation is 1. The minimum atomic E-state index is -0.897. The molecule has 1 atom stereocenters. The van der Waals surface area contributed by atoms with Gasteiger partial charge in [-0.05, 0) is 26.5 Å². The molecular weight excluding hydrogens is 607 g/mol. The summed E-state index contributed by atoms with van der Waals surface area (Å²) in [6.45, 7) is 4.21. The molecule has 0 bridgehead atoms. The molecule has 1 amide bonds. The number of amides is 1. The van der Waals surface area contributed by atoms with Crippen LogP contribution < -0.4 is 25.2 Å². The Balaban J connectivity index is 1.28. The molecule has 1 aromatic carbocycles. The maximum atomic E-state index is 14.9. The van der Waals surface area contributed by atoms with E-state index in [1.165, 1.54) is 10.6 Å². The second-order valence-corrected chi connectivity index (χ2v) is 11.8. The number of nitrogens with one attached hydrogen (secondary N) is 1. The molecule has 6 heterocycles. The number of phenols is 1. The average molecular weight is 635 g/mol. The van der Waals surface area contributed by atoms with Crippen LogP contribution in [0.5, 0.6) is 17.2 Å². The number of piperazine rings is 1. The minimum Gasteiger partial charge on any atom is -0.503 e. The predicted molar refractivity (Wildman–Crippen MR) is 162 cm³/mol. The van der Waals surface area contributed by atoms with Gasteiger partial charge in [-0.3, -0.25) is 14.2 Å². The topological polar surface area (TPSA) is 151 Å². The highest BCUT2D eigenvalue weighted by Crippen LogP contribution is 2.50. The maximum absolute atomic E-state index is 14.9. The van der Waals surface area contributed by atoms with E-state index in [1.54, 1.807) is 16.8 Å². The zero-order valence-electron chi connectivity index (χ0n) is 24.4. The number of phenolic OH excluding ortho intramolecular Hbond substituents is 1. The van der Waals surface area contributed by atoms with Crippen molar-refractivity contribution in [3.05, 3.63) is 51.0 Å². The van der Waals surface area contributed by atoms with Gasteiger partial charge in [-0.15, -0.1) is 0 Å². The lowest BCUT2D eigenvalue weighted by atomic mass is 10.0. The number of rotatable bonds is 5. The molecule has 15 heteroatoms. The molecule has 7 rings (SSSR count). The van der Waals surface area contributed by atoms with Crippen molar-refractivity contribution in [1.82, 2.24) is 24.0 Å². The van der Waals surface area contributed by atoms with Gasteiger partial charge in [0.15, 0.2) is 11.5 Å². The Labute approximate surface area is 261 Å². The van der Waals surface area contributed by atoms with Crippen molar-refractivity contribution in [2.75, 3.05) is 43.7 Å². The highest BCUT2D eigenvalue weighted by atomic mass is 35.5. The number of fused-ring (bicyclic) bond motifs is 3. The Morgan fingerprint density at radius 2 is 2.02 bits per heavy atom. The van der Waals surface area contributed by atoms with Crippen LogP contribution in [0.1, 0.15) is 24.7 Å². The number of pyridine rings is 1. The Morgan fingerprint density at radius 1 is 1.22 bits per heavy atom. The van der Waals surface area contributed by atoms with E-state index >= 15 is 0 Å². The van der Waals surface area contributed by atoms with Gasteiger partial charge in [0, 0.05) is 62.0 Å². The number of anilines is 2. The largest absolute Gasteiger partial charge is 0.503 e. The summed E-state index contributed by atoms with van der Waals surface area (Å²) in [5, 5.41) is 22.8. The van der Waals surface area contributed by atoms with E-state index in [-0.39, 0.29) is 69.5 Å². The molecule has 1 saturated heterocycles. The SMILES string of the molecule is CC1CN(C)CCN1c1cc(NC(=O)Cn2cc(-c3cc(C#N)c(O)c4c3OCO4)c3c(=O)n4c(nc32)CCC4)c(Cl)c(F)n1. The van der Waals surface area contributed by atoms with Crippen molar-refractivity contribution in [3.8, 4) is 34.4 Å². The summed E-state index contributed by atoms with van der Waals surface area (Å²) in [7, 11) is 2.02. The van der Waals surface area contributed by atoms with Crippen LogP contribution in [-0.4, -0.2) is 74.5 Å². The van der Waals surface area contributed by atoms with Gasteiger partial charge in [0.1, 0.15) is 34.9 Å². The summed E-state index contributed by atoms with van der Waals surface area (Å²) < 4.78 is 29.1. The molecule has 0 saturated carbocycles. The summed E-state index contributed by atoms with van der Waals surface area (Å²) in [5.41, 5.74) is 0.657. The van der Waals surface area contributed by atoms with Gasteiger partial charge in [-0.25, -0.2) is 9.97 Å². The fourth-order valence-corrected chi connectivity index (χ4v) is 6.49. The summed E-state index contributed by atoms with van der Waals surface area (Å²) in [6.07, 6.45) is 2.92. The van der Waals surface area contributed by atoms with Crippen LogP contribution in [0.2, 0.25) is 5.02 Å². The molecule has 232 valence electrons. The van der Waals surface area contributed by atoms with E-state index in [2.05, 4.69) is 15.2 Å². The van der Waals surface area contributed by atoms with Crippen LogP contribution in [0.3, 0.4) is 0 Å². The van der Waals surface area contributed by atoms with E-state index < -0.39 is 11.9 Å².